The lowest BCUT2D eigenvalue weighted by Crippen LogP contribution is -2.09. The summed E-state index contributed by atoms with van der Waals surface area (Å²) < 4.78 is 4.78. The Hall–Kier alpha value is -5.28. The fourth-order valence-corrected chi connectivity index (χ4v) is 6.50. The van der Waals surface area contributed by atoms with Gasteiger partial charge in [0.05, 0.1) is 11.0 Å². The first-order chi connectivity index (χ1) is 20.3. The van der Waals surface area contributed by atoms with Crippen molar-refractivity contribution in [3.8, 4) is 5.69 Å². The first-order valence-electron chi connectivity index (χ1n) is 14.3. The average Bonchev–Trinajstić information content (AvgIpc) is 3.54. The molecule has 3 heteroatoms. The summed E-state index contributed by atoms with van der Waals surface area (Å²) >= 11 is 0. The molecule has 0 aliphatic rings. The Kier molecular flexibility index (Phi) is 5.42. The number of rotatable bonds is 5. The molecule has 0 aliphatic carbocycles. The molecule has 0 atom stereocenters. The first-order valence-corrected chi connectivity index (χ1v) is 14.3. The van der Waals surface area contributed by atoms with Crippen LogP contribution in [-0.2, 0) is 6.54 Å². The number of hydrogen-bond acceptors (Lipinski definition) is 1. The minimum Gasteiger partial charge on any atom is -0.341 e. The van der Waals surface area contributed by atoms with E-state index in [9.17, 15) is 0 Å². The van der Waals surface area contributed by atoms with Crippen LogP contribution in [0.4, 0.5) is 17.1 Å². The van der Waals surface area contributed by atoms with Gasteiger partial charge in [-0.25, -0.2) is 0 Å². The van der Waals surface area contributed by atoms with E-state index in [4.69, 9.17) is 0 Å². The van der Waals surface area contributed by atoms with Gasteiger partial charge in [0.2, 0.25) is 0 Å². The SMILES string of the molecule is CCn1c2ccccc2c2cc(N(c3ccccc3)c3ccc4c(c3)c3ccccc3n4-c3ccccc3)ccc21. The van der Waals surface area contributed by atoms with Crippen LogP contribution in [-0.4, -0.2) is 9.13 Å². The summed E-state index contributed by atoms with van der Waals surface area (Å²) in [5.74, 6) is 0. The number of aryl methyl sites for hydroxylation is 1. The number of fused-ring (bicyclic) bond motifs is 6. The largest absolute Gasteiger partial charge is 0.341 e. The van der Waals surface area contributed by atoms with Gasteiger partial charge in [0, 0.05) is 61.9 Å². The third-order valence-corrected chi connectivity index (χ3v) is 8.27. The summed E-state index contributed by atoms with van der Waals surface area (Å²) in [6, 6.07) is 52.6. The zero-order chi connectivity index (χ0) is 27.3. The van der Waals surface area contributed by atoms with Gasteiger partial charge in [-0.2, -0.15) is 0 Å². The molecule has 3 nitrogen and oxygen atoms in total. The van der Waals surface area contributed by atoms with Crippen molar-refractivity contribution in [3.63, 3.8) is 0 Å². The predicted molar refractivity (Wildman–Crippen MR) is 174 cm³/mol. The number of aromatic nitrogens is 2. The molecule has 0 saturated heterocycles. The second-order valence-electron chi connectivity index (χ2n) is 10.5. The van der Waals surface area contributed by atoms with Gasteiger partial charge in [0.15, 0.2) is 0 Å². The standard InChI is InChI=1S/C38H29N3/c1-2-39-35-19-11-9-17-31(35)33-25-29(21-23-36(33)39)40(27-13-5-3-6-14-27)30-22-24-38-34(26-30)32-18-10-12-20-37(32)41(38)28-15-7-4-8-16-28/h3-26H,2H2,1H3. The number of hydrogen-bond donors (Lipinski definition) is 0. The Morgan fingerprint density at radius 1 is 0.439 bits per heavy atom. The topological polar surface area (TPSA) is 13.1 Å². The van der Waals surface area contributed by atoms with Crippen molar-refractivity contribution in [2.75, 3.05) is 4.90 Å². The number of para-hydroxylation sites is 4. The molecular weight excluding hydrogens is 498 g/mol. The van der Waals surface area contributed by atoms with Crippen LogP contribution in [0.3, 0.4) is 0 Å². The lowest BCUT2D eigenvalue weighted by molar-refractivity contribution is 0.827. The second-order valence-corrected chi connectivity index (χ2v) is 10.5. The first kappa shape index (κ1) is 23.6. The van der Waals surface area contributed by atoms with Crippen LogP contribution in [0.2, 0.25) is 0 Å². The van der Waals surface area contributed by atoms with E-state index < -0.39 is 0 Å². The highest BCUT2D eigenvalue weighted by Gasteiger charge is 2.18. The summed E-state index contributed by atoms with van der Waals surface area (Å²) in [4.78, 5) is 2.38. The lowest BCUT2D eigenvalue weighted by Gasteiger charge is -2.26. The van der Waals surface area contributed by atoms with E-state index in [1.54, 1.807) is 0 Å². The van der Waals surface area contributed by atoms with Crippen molar-refractivity contribution in [1.82, 2.24) is 9.13 Å². The maximum Gasteiger partial charge on any atom is 0.0542 e. The van der Waals surface area contributed by atoms with Gasteiger partial charge in [0.25, 0.3) is 0 Å². The van der Waals surface area contributed by atoms with E-state index >= 15 is 0 Å². The molecule has 0 amide bonds. The monoisotopic (exact) mass is 527 g/mol. The smallest absolute Gasteiger partial charge is 0.0542 e. The summed E-state index contributed by atoms with van der Waals surface area (Å²) in [6.45, 7) is 3.16. The highest BCUT2D eigenvalue weighted by molar-refractivity contribution is 6.12. The van der Waals surface area contributed by atoms with E-state index in [0.29, 0.717) is 0 Å². The molecule has 0 spiro atoms. The average molecular weight is 528 g/mol. The number of nitrogens with zero attached hydrogens (tertiary/aromatic N) is 3. The van der Waals surface area contributed by atoms with Crippen LogP contribution in [0.25, 0.3) is 49.3 Å². The van der Waals surface area contributed by atoms with Gasteiger partial charge in [0.1, 0.15) is 0 Å². The number of anilines is 3. The molecule has 2 aromatic heterocycles. The molecule has 6 aromatic carbocycles. The van der Waals surface area contributed by atoms with E-state index in [1.165, 1.54) is 49.3 Å². The Balaban J connectivity index is 1.38. The van der Waals surface area contributed by atoms with Crippen LogP contribution in [0.15, 0.2) is 146 Å². The lowest BCUT2D eigenvalue weighted by atomic mass is 10.1. The second kappa shape index (κ2) is 9.42. The third-order valence-electron chi connectivity index (χ3n) is 8.27. The normalized spacial score (nSPS) is 11.6. The Bertz CT molecular complexity index is 2190. The molecule has 0 saturated carbocycles. The van der Waals surface area contributed by atoms with Gasteiger partial charge in [-0.05, 0) is 79.7 Å². The van der Waals surface area contributed by atoms with Crippen molar-refractivity contribution < 1.29 is 0 Å². The predicted octanol–water partition coefficient (Wildman–Crippen LogP) is 10.4. The molecule has 0 unspecified atom stereocenters. The van der Waals surface area contributed by atoms with Gasteiger partial charge < -0.3 is 14.0 Å². The molecular formula is C38H29N3. The van der Waals surface area contributed by atoms with E-state index in [0.717, 1.165) is 23.6 Å². The van der Waals surface area contributed by atoms with Crippen LogP contribution >= 0.6 is 0 Å². The zero-order valence-corrected chi connectivity index (χ0v) is 22.9. The minimum absolute atomic E-state index is 0.938. The molecule has 0 fully saturated rings. The molecule has 0 N–H and O–H groups in total. The van der Waals surface area contributed by atoms with Crippen molar-refractivity contribution in [1.29, 1.82) is 0 Å². The van der Waals surface area contributed by atoms with Gasteiger partial charge in [-0.15, -0.1) is 0 Å². The van der Waals surface area contributed by atoms with Crippen molar-refractivity contribution in [2.45, 2.75) is 13.5 Å². The van der Waals surface area contributed by atoms with Crippen LogP contribution in [0, 0.1) is 0 Å². The highest BCUT2D eigenvalue weighted by Crippen LogP contribution is 2.41. The van der Waals surface area contributed by atoms with Crippen LogP contribution in [0.1, 0.15) is 6.92 Å². The summed E-state index contributed by atoms with van der Waals surface area (Å²) in [5.41, 5.74) is 9.56. The Morgan fingerprint density at radius 2 is 0.927 bits per heavy atom. The maximum absolute atomic E-state index is 2.41. The fraction of sp³-hybridized carbons (Fsp3) is 0.0526. The molecule has 8 rings (SSSR count). The van der Waals surface area contributed by atoms with E-state index in [2.05, 4.69) is 167 Å². The molecule has 2 heterocycles. The summed E-state index contributed by atoms with van der Waals surface area (Å²) in [6.07, 6.45) is 0. The Labute approximate surface area is 239 Å². The highest BCUT2D eigenvalue weighted by atomic mass is 15.1. The molecule has 0 aliphatic heterocycles. The van der Waals surface area contributed by atoms with Crippen LogP contribution < -0.4 is 4.90 Å². The molecule has 8 aromatic rings. The molecule has 0 bridgehead atoms. The van der Waals surface area contributed by atoms with E-state index in [1.807, 2.05) is 0 Å². The molecule has 0 radical (unpaired) electrons. The Morgan fingerprint density at radius 3 is 1.61 bits per heavy atom. The van der Waals surface area contributed by atoms with Gasteiger partial charge in [-0.3, -0.25) is 0 Å². The molecule has 196 valence electrons. The summed E-state index contributed by atoms with van der Waals surface area (Å²) in [5, 5.41) is 5.07. The quantitative estimate of drug-likeness (QED) is 0.217. The van der Waals surface area contributed by atoms with Crippen molar-refractivity contribution >= 4 is 60.7 Å². The third kappa shape index (κ3) is 3.66. The maximum atomic E-state index is 2.41. The minimum atomic E-state index is 0.938. The summed E-state index contributed by atoms with van der Waals surface area (Å²) in [7, 11) is 0. The van der Waals surface area contributed by atoms with Gasteiger partial charge >= 0.3 is 0 Å². The van der Waals surface area contributed by atoms with Gasteiger partial charge in [-0.1, -0.05) is 72.8 Å². The van der Waals surface area contributed by atoms with Crippen molar-refractivity contribution in [3.05, 3.63) is 146 Å². The van der Waals surface area contributed by atoms with E-state index in [-0.39, 0.29) is 0 Å². The zero-order valence-electron chi connectivity index (χ0n) is 22.9. The molecule has 41 heavy (non-hydrogen) atoms. The fourth-order valence-electron chi connectivity index (χ4n) is 6.50. The van der Waals surface area contributed by atoms with Crippen molar-refractivity contribution in [2.24, 2.45) is 0 Å². The number of benzene rings is 6. The van der Waals surface area contributed by atoms with Crippen LogP contribution in [0.5, 0.6) is 0 Å².